The van der Waals surface area contributed by atoms with Crippen LogP contribution in [0.25, 0.3) is 0 Å². The Kier molecular flexibility index (Phi) is 3.26. The monoisotopic (exact) mass is 194 g/mol. The van der Waals surface area contributed by atoms with Gasteiger partial charge in [0, 0.05) is 6.54 Å². The molecule has 76 valence electrons. The summed E-state index contributed by atoms with van der Waals surface area (Å²) in [5.41, 5.74) is -0.687. The number of aliphatic hydroxyl groups is 1. The first-order valence-corrected chi connectivity index (χ1v) is 4.66. The molecule has 4 nitrogen and oxygen atoms in total. The maximum absolute atomic E-state index is 11.4. The second-order valence-corrected chi connectivity index (χ2v) is 3.41. The molecule has 0 spiro atoms. The lowest BCUT2D eigenvalue weighted by Crippen LogP contribution is -2.55. The smallest absolute Gasteiger partial charge is 0.247 e. The van der Waals surface area contributed by atoms with Crippen molar-refractivity contribution < 1.29 is 9.90 Å². The molecule has 1 aliphatic rings. The highest BCUT2D eigenvalue weighted by Crippen LogP contribution is 2.37. The van der Waals surface area contributed by atoms with Gasteiger partial charge in [-0.2, -0.15) is 5.26 Å². The lowest BCUT2D eigenvalue weighted by Gasteiger charge is -2.44. The van der Waals surface area contributed by atoms with Crippen LogP contribution in [0.5, 0.6) is 0 Å². The molecule has 0 atom stereocenters. The van der Waals surface area contributed by atoms with Crippen molar-refractivity contribution in [2.45, 2.75) is 24.8 Å². The summed E-state index contributed by atoms with van der Waals surface area (Å²) in [5.74, 6) is -0.277. The van der Waals surface area contributed by atoms with Crippen LogP contribution in [0.4, 0.5) is 0 Å². The first-order valence-electron chi connectivity index (χ1n) is 4.66. The molecular weight excluding hydrogens is 180 g/mol. The minimum Gasteiger partial charge on any atom is -0.395 e. The molecule has 1 amide bonds. The fraction of sp³-hybridized carbons (Fsp3) is 0.600. The number of β-amino-alcohol motifs (C(OH)–C–C–N with tert-alkyl or cyclic N) is 1. The number of rotatable bonds is 4. The summed E-state index contributed by atoms with van der Waals surface area (Å²) in [6.07, 6.45) is 3.54. The standard InChI is InChI=1S/C10H14N2O2/c1-2-9(14)12(6-7-13)10(8-11)4-3-5-10/h2,13H,1,3-7H2. The number of carbonyl (C=O) groups is 1. The molecule has 0 aliphatic heterocycles. The van der Waals surface area contributed by atoms with E-state index >= 15 is 0 Å². The molecule has 0 aromatic heterocycles. The Bertz CT molecular complexity index is 276. The van der Waals surface area contributed by atoms with Crippen LogP contribution in [-0.4, -0.2) is 34.6 Å². The van der Waals surface area contributed by atoms with Crippen molar-refractivity contribution in [2.24, 2.45) is 0 Å². The zero-order valence-electron chi connectivity index (χ0n) is 8.07. The molecule has 0 aromatic rings. The van der Waals surface area contributed by atoms with Gasteiger partial charge in [0.15, 0.2) is 0 Å². The van der Waals surface area contributed by atoms with Crippen molar-refractivity contribution >= 4 is 5.91 Å². The van der Waals surface area contributed by atoms with Gasteiger partial charge < -0.3 is 10.0 Å². The van der Waals surface area contributed by atoms with E-state index in [-0.39, 0.29) is 19.1 Å². The summed E-state index contributed by atoms with van der Waals surface area (Å²) in [6, 6.07) is 2.16. The number of nitrogens with zero attached hydrogens (tertiary/aromatic N) is 2. The van der Waals surface area contributed by atoms with Gasteiger partial charge in [-0.25, -0.2) is 0 Å². The molecule has 1 N–H and O–H groups in total. The van der Waals surface area contributed by atoms with Crippen LogP contribution in [0.2, 0.25) is 0 Å². The Balaban J connectivity index is 2.81. The summed E-state index contributed by atoms with van der Waals surface area (Å²) in [6.45, 7) is 3.47. The maximum Gasteiger partial charge on any atom is 0.247 e. The van der Waals surface area contributed by atoms with E-state index in [9.17, 15) is 4.79 Å². The Morgan fingerprint density at radius 1 is 1.71 bits per heavy atom. The van der Waals surface area contributed by atoms with Crippen LogP contribution in [-0.2, 0) is 4.79 Å². The van der Waals surface area contributed by atoms with Crippen molar-refractivity contribution in [3.63, 3.8) is 0 Å². The molecule has 0 bridgehead atoms. The van der Waals surface area contributed by atoms with Crippen LogP contribution >= 0.6 is 0 Å². The summed E-state index contributed by atoms with van der Waals surface area (Å²) in [4.78, 5) is 12.9. The molecular formula is C10H14N2O2. The van der Waals surface area contributed by atoms with E-state index < -0.39 is 5.54 Å². The van der Waals surface area contributed by atoms with Crippen LogP contribution in [0.15, 0.2) is 12.7 Å². The van der Waals surface area contributed by atoms with Gasteiger partial charge in [-0.15, -0.1) is 0 Å². The average Bonchev–Trinajstić information content (AvgIpc) is 2.14. The normalized spacial score (nSPS) is 17.7. The topological polar surface area (TPSA) is 64.3 Å². The van der Waals surface area contributed by atoms with E-state index in [1.807, 2.05) is 0 Å². The van der Waals surface area contributed by atoms with Gasteiger partial charge in [0.05, 0.1) is 12.7 Å². The summed E-state index contributed by atoms with van der Waals surface area (Å²) >= 11 is 0. The zero-order chi connectivity index (χ0) is 10.6. The minimum atomic E-state index is -0.687. The Morgan fingerprint density at radius 3 is 2.64 bits per heavy atom. The van der Waals surface area contributed by atoms with Gasteiger partial charge in [-0.3, -0.25) is 4.79 Å². The molecule has 0 radical (unpaired) electrons. The molecule has 0 heterocycles. The fourth-order valence-electron chi connectivity index (χ4n) is 1.70. The number of carbonyl (C=O) groups excluding carboxylic acids is 1. The number of hydrogen-bond donors (Lipinski definition) is 1. The largest absolute Gasteiger partial charge is 0.395 e. The predicted molar refractivity (Wildman–Crippen MR) is 51.2 cm³/mol. The molecule has 0 unspecified atom stereocenters. The van der Waals surface area contributed by atoms with E-state index in [4.69, 9.17) is 10.4 Å². The predicted octanol–water partition coefficient (Wildman–Crippen LogP) is 0.440. The second-order valence-electron chi connectivity index (χ2n) is 3.41. The summed E-state index contributed by atoms with van der Waals surface area (Å²) in [7, 11) is 0. The quantitative estimate of drug-likeness (QED) is 0.660. The maximum atomic E-state index is 11.4. The first-order chi connectivity index (χ1) is 6.70. The summed E-state index contributed by atoms with van der Waals surface area (Å²) < 4.78 is 0. The molecule has 4 heteroatoms. The molecule has 1 fully saturated rings. The van der Waals surface area contributed by atoms with Crippen LogP contribution in [0, 0.1) is 11.3 Å². The van der Waals surface area contributed by atoms with Gasteiger partial charge in [0.2, 0.25) is 5.91 Å². The van der Waals surface area contributed by atoms with Crippen molar-refractivity contribution in [3.8, 4) is 6.07 Å². The fourth-order valence-corrected chi connectivity index (χ4v) is 1.70. The number of aliphatic hydroxyl groups excluding tert-OH is 1. The molecule has 1 saturated carbocycles. The third-order valence-electron chi connectivity index (χ3n) is 2.67. The van der Waals surface area contributed by atoms with E-state index in [0.717, 1.165) is 6.42 Å². The lowest BCUT2D eigenvalue weighted by molar-refractivity contribution is -0.133. The van der Waals surface area contributed by atoms with E-state index in [1.165, 1.54) is 11.0 Å². The van der Waals surface area contributed by atoms with E-state index in [1.54, 1.807) is 0 Å². The van der Waals surface area contributed by atoms with Crippen molar-refractivity contribution in [1.29, 1.82) is 5.26 Å². The minimum absolute atomic E-state index is 0.122. The SMILES string of the molecule is C=CC(=O)N(CCO)C1(C#N)CCC1. The Labute approximate surface area is 83.4 Å². The zero-order valence-corrected chi connectivity index (χ0v) is 8.07. The number of amides is 1. The average molecular weight is 194 g/mol. The highest BCUT2D eigenvalue weighted by molar-refractivity contribution is 5.88. The third-order valence-corrected chi connectivity index (χ3v) is 2.67. The molecule has 1 rings (SSSR count). The highest BCUT2D eigenvalue weighted by Gasteiger charge is 2.44. The van der Waals surface area contributed by atoms with E-state index in [0.29, 0.717) is 12.8 Å². The lowest BCUT2D eigenvalue weighted by atomic mass is 9.76. The summed E-state index contributed by atoms with van der Waals surface area (Å²) in [5, 5.41) is 17.8. The molecule has 0 saturated heterocycles. The van der Waals surface area contributed by atoms with Gasteiger partial charge in [0.1, 0.15) is 5.54 Å². The van der Waals surface area contributed by atoms with Gasteiger partial charge in [-0.05, 0) is 25.3 Å². The van der Waals surface area contributed by atoms with E-state index in [2.05, 4.69) is 12.6 Å². The van der Waals surface area contributed by atoms with Gasteiger partial charge in [-0.1, -0.05) is 6.58 Å². The Morgan fingerprint density at radius 2 is 2.36 bits per heavy atom. The van der Waals surface area contributed by atoms with Crippen LogP contribution in [0.1, 0.15) is 19.3 Å². The van der Waals surface area contributed by atoms with Crippen LogP contribution in [0.3, 0.4) is 0 Å². The molecule has 0 aromatic carbocycles. The Hall–Kier alpha value is -1.34. The van der Waals surface area contributed by atoms with Crippen molar-refractivity contribution in [3.05, 3.63) is 12.7 Å². The van der Waals surface area contributed by atoms with Gasteiger partial charge in [0.25, 0.3) is 0 Å². The van der Waals surface area contributed by atoms with Crippen molar-refractivity contribution in [1.82, 2.24) is 4.90 Å². The highest BCUT2D eigenvalue weighted by atomic mass is 16.3. The second kappa shape index (κ2) is 4.25. The van der Waals surface area contributed by atoms with Gasteiger partial charge >= 0.3 is 0 Å². The first kappa shape index (κ1) is 10.7. The number of hydrogen-bond acceptors (Lipinski definition) is 3. The third kappa shape index (κ3) is 1.64. The van der Waals surface area contributed by atoms with Crippen molar-refractivity contribution in [2.75, 3.05) is 13.2 Å². The molecule has 1 aliphatic carbocycles. The van der Waals surface area contributed by atoms with Crippen LogP contribution < -0.4 is 0 Å². The molecule has 14 heavy (non-hydrogen) atoms. The number of nitriles is 1.